The van der Waals surface area contributed by atoms with Crippen LogP contribution in [0.1, 0.15) is 21.1 Å². The number of aryl methyl sites for hydroxylation is 1. The van der Waals surface area contributed by atoms with Crippen LogP contribution < -0.4 is 0 Å². The van der Waals surface area contributed by atoms with Crippen LogP contribution in [0.2, 0.25) is 0 Å². The number of nitrogens with zero attached hydrogens (tertiary/aromatic N) is 5. The first-order valence-electron chi connectivity index (χ1n) is 7.49. The molecule has 0 saturated heterocycles. The molecule has 7 nitrogen and oxygen atoms in total. The number of thioether (sulfide) groups is 1. The Labute approximate surface area is 151 Å². The Hall–Kier alpha value is -2.52. The van der Waals surface area contributed by atoms with Crippen molar-refractivity contribution in [3.05, 3.63) is 53.3 Å². The molecule has 0 N–H and O–H groups in total. The van der Waals surface area contributed by atoms with Gasteiger partial charge in [-0.2, -0.15) is 5.10 Å². The van der Waals surface area contributed by atoms with Crippen LogP contribution in [0, 0.1) is 6.92 Å². The fourth-order valence-corrected chi connectivity index (χ4v) is 4.34. The third kappa shape index (κ3) is 3.33. The van der Waals surface area contributed by atoms with E-state index < -0.39 is 0 Å². The highest BCUT2D eigenvalue weighted by Gasteiger charge is 2.17. The third-order valence-corrected chi connectivity index (χ3v) is 5.77. The molecule has 0 unspecified atom stereocenters. The molecule has 9 heteroatoms. The number of fused-ring (bicyclic) bond motifs is 1. The number of carbonyl (C=O) groups is 1. The maximum absolute atomic E-state index is 12.5. The lowest BCUT2D eigenvalue weighted by Crippen LogP contribution is -2.01. The van der Waals surface area contributed by atoms with Gasteiger partial charge >= 0.3 is 0 Å². The van der Waals surface area contributed by atoms with Crippen molar-refractivity contribution in [3.63, 3.8) is 0 Å². The minimum absolute atomic E-state index is 0.0692. The lowest BCUT2D eigenvalue weighted by molar-refractivity contribution is 0.102. The quantitative estimate of drug-likeness (QED) is 0.380. The molecule has 0 bridgehead atoms. The Balaban J connectivity index is 1.43. The summed E-state index contributed by atoms with van der Waals surface area (Å²) in [6, 6.07) is 8.04. The minimum atomic E-state index is 0.0692. The first kappa shape index (κ1) is 16.0. The number of rotatable bonds is 6. The molecule has 0 aliphatic carbocycles. The van der Waals surface area contributed by atoms with E-state index in [9.17, 15) is 4.79 Å². The second kappa shape index (κ2) is 6.77. The van der Waals surface area contributed by atoms with Gasteiger partial charge in [-0.15, -0.1) is 21.5 Å². The summed E-state index contributed by atoms with van der Waals surface area (Å²) in [6.07, 6.45) is 3.02. The Bertz CT molecular complexity index is 1020. The summed E-state index contributed by atoms with van der Waals surface area (Å²) in [4.78, 5) is 17.2. The molecule has 0 radical (unpaired) electrons. The lowest BCUT2D eigenvalue weighted by atomic mass is 10.1. The van der Waals surface area contributed by atoms with Crippen LogP contribution in [0.5, 0.6) is 0 Å². The molecule has 4 rings (SSSR count). The van der Waals surface area contributed by atoms with Gasteiger partial charge in [0.15, 0.2) is 5.78 Å². The molecule has 4 aromatic rings. The molecular weight excluding hydrogens is 358 g/mol. The van der Waals surface area contributed by atoms with Crippen LogP contribution in [0.15, 0.2) is 46.6 Å². The van der Waals surface area contributed by atoms with Gasteiger partial charge in [0.1, 0.15) is 19.2 Å². The van der Waals surface area contributed by atoms with Gasteiger partial charge < -0.3 is 4.42 Å². The number of benzene rings is 1. The number of aromatic nitrogens is 5. The second-order valence-electron chi connectivity index (χ2n) is 5.32. The van der Waals surface area contributed by atoms with Crippen molar-refractivity contribution in [3.8, 4) is 0 Å². The zero-order chi connectivity index (χ0) is 17.2. The summed E-state index contributed by atoms with van der Waals surface area (Å²) in [5, 5.41) is 13.4. The van der Waals surface area contributed by atoms with Crippen LogP contribution >= 0.6 is 23.1 Å². The maximum Gasteiger partial charge on any atom is 0.277 e. The molecule has 0 amide bonds. The number of thiophene rings is 1. The molecule has 0 aliphatic rings. The molecule has 3 aromatic heterocycles. The summed E-state index contributed by atoms with van der Waals surface area (Å²) in [5.74, 6) is 0.761. The minimum Gasteiger partial charge on any atom is -0.414 e. The molecule has 0 spiro atoms. The average Bonchev–Trinajstić information content (AvgIpc) is 3.35. The fraction of sp³-hybridized carbons (Fsp3) is 0.188. The van der Waals surface area contributed by atoms with E-state index >= 15 is 0 Å². The van der Waals surface area contributed by atoms with Gasteiger partial charge in [-0.05, 0) is 23.9 Å². The molecule has 0 atom stereocenters. The Morgan fingerprint density at radius 3 is 3.00 bits per heavy atom. The third-order valence-electron chi connectivity index (χ3n) is 3.64. The van der Waals surface area contributed by atoms with E-state index in [1.165, 1.54) is 29.4 Å². The summed E-state index contributed by atoms with van der Waals surface area (Å²) in [7, 11) is 0. The molecule has 25 heavy (non-hydrogen) atoms. The molecule has 3 heterocycles. The first-order valence-corrected chi connectivity index (χ1v) is 9.30. The Kier molecular flexibility index (Phi) is 4.33. The standard InChI is InChI=1S/C16H13N5O2S2/c1-10-11-4-2-3-5-13(11)25-15(10)12(22)7-24-16-20-19-14(23-16)6-21-9-17-8-18-21/h2-5,8-9H,6-7H2,1H3. The lowest BCUT2D eigenvalue weighted by Gasteiger charge is -1.97. The van der Waals surface area contributed by atoms with Crippen molar-refractivity contribution in [2.24, 2.45) is 0 Å². The first-order chi connectivity index (χ1) is 12.2. The summed E-state index contributed by atoms with van der Waals surface area (Å²) in [6.45, 7) is 2.34. The Morgan fingerprint density at radius 1 is 1.32 bits per heavy atom. The largest absolute Gasteiger partial charge is 0.414 e. The number of hydrogen-bond donors (Lipinski definition) is 0. The van der Waals surface area contributed by atoms with E-state index in [1.807, 2.05) is 31.2 Å². The molecule has 0 aliphatic heterocycles. The van der Waals surface area contributed by atoms with Crippen LogP contribution in [-0.4, -0.2) is 36.5 Å². The topological polar surface area (TPSA) is 86.7 Å². The highest BCUT2D eigenvalue weighted by atomic mass is 32.2. The summed E-state index contributed by atoms with van der Waals surface area (Å²) >= 11 is 2.77. The van der Waals surface area contributed by atoms with Gasteiger partial charge in [-0.1, -0.05) is 30.0 Å². The van der Waals surface area contributed by atoms with Crippen LogP contribution in [0.3, 0.4) is 0 Å². The van der Waals surface area contributed by atoms with Crippen molar-refractivity contribution in [1.82, 2.24) is 25.0 Å². The molecule has 126 valence electrons. The van der Waals surface area contributed by atoms with E-state index in [0.717, 1.165) is 20.5 Å². The highest BCUT2D eigenvalue weighted by molar-refractivity contribution is 7.99. The van der Waals surface area contributed by atoms with E-state index in [1.54, 1.807) is 11.0 Å². The van der Waals surface area contributed by atoms with Crippen molar-refractivity contribution < 1.29 is 9.21 Å². The Morgan fingerprint density at radius 2 is 2.20 bits per heavy atom. The fourth-order valence-electron chi connectivity index (χ4n) is 2.45. The van der Waals surface area contributed by atoms with Gasteiger partial charge in [0.2, 0.25) is 5.89 Å². The molecular formula is C16H13N5O2S2. The SMILES string of the molecule is Cc1c(C(=O)CSc2nnc(Cn3cncn3)o2)sc2ccccc12. The van der Waals surface area contributed by atoms with Crippen molar-refractivity contribution >= 4 is 39.0 Å². The number of ketones is 1. The summed E-state index contributed by atoms with van der Waals surface area (Å²) in [5.41, 5.74) is 1.03. The monoisotopic (exact) mass is 371 g/mol. The van der Waals surface area contributed by atoms with Gasteiger partial charge in [-0.3, -0.25) is 4.79 Å². The zero-order valence-electron chi connectivity index (χ0n) is 13.2. The van der Waals surface area contributed by atoms with E-state index in [-0.39, 0.29) is 11.5 Å². The van der Waals surface area contributed by atoms with Crippen LogP contribution in [-0.2, 0) is 6.54 Å². The van der Waals surface area contributed by atoms with Crippen molar-refractivity contribution in [2.45, 2.75) is 18.7 Å². The molecule has 0 fully saturated rings. The highest BCUT2D eigenvalue weighted by Crippen LogP contribution is 2.32. The van der Waals surface area contributed by atoms with Crippen LogP contribution in [0.25, 0.3) is 10.1 Å². The smallest absolute Gasteiger partial charge is 0.277 e. The van der Waals surface area contributed by atoms with Crippen molar-refractivity contribution in [1.29, 1.82) is 0 Å². The maximum atomic E-state index is 12.5. The van der Waals surface area contributed by atoms with E-state index in [4.69, 9.17) is 4.42 Å². The second-order valence-corrected chi connectivity index (χ2v) is 7.30. The number of Topliss-reactive ketones (excluding diaryl/α,β-unsaturated/α-hetero) is 1. The van der Waals surface area contributed by atoms with Gasteiger partial charge in [0.25, 0.3) is 5.22 Å². The number of hydrogen-bond acceptors (Lipinski definition) is 8. The van der Waals surface area contributed by atoms with Crippen molar-refractivity contribution in [2.75, 3.05) is 5.75 Å². The van der Waals surface area contributed by atoms with Gasteiger partial charge in [0, 0.05) is 4.70 Å². The normalized spacial score (nSPS) is 11.2. The van der Waals surface area contributed by atoms with E-state index in [0.29, 0.717) is 17.7 Å². The number of carbonyl (C=O) groups excluding carboxylic acids is 1. The van der Waals surface area contributed by atoms with Crippen LogP contribution in [0.4, 0.5) is 0 Å². The average molecular weight is 371 g/mol. The van der Waals surface area contributed by atoms with Gasteiger partial charge in [-0.25, -0.2) is 9.67 Å². The predicted octanol–water partition coefficient (Wildman–Crippen LogP) is 3.21. The van der Waals surface area contributed by atoms with Gasteiger partial charge in [0.05, 0.1) is 10.6 Å². The predicted molar refractivity (Wildman–Crippen MR) is 95.0 cm³/mol. The zero-order valence-corrected chi connectivity index (χ0v) is 14.9. The molecule has 0 saturated carbocycles. The molecule has 1 aromatic carbocycles. The summed E-state index contributed by atoms with van der Waals surface area (Å²) < 4.78 is 8.25. The van der Waals surface area contributed by atoms with E-state index in [2.05, 4.69) is 20.3 Å².